The fraction of sp³-hybridized carbons (Fsp3) is 0.444. The van der Waals surface area contributed by atoms with Gasteiger partial charge in [-0.1, -0.05) is 12.1 Å². The molecule has 1 N–H and O–H groups in total. The molecule has 28 heavy (non-hydrogen) atoms. The summed E-state index contributed by atoms with van der Waals surface area (Å²) in [6, 6.07) is 6.34. The second kappa shape index (κ2) is 7.69. The number of likely N-dealkylation sites (tertiary alicyclic amines) is 1. The van der Waals surface area contributed by atoms with Crippen molar-refractivity contribution in [2.45, 2.75) is 25.1 Å². The lowest BCUT2D eigenvalue weighted by Crippen LogP contribution is -2.39. The third-order valence-electron chi connectivity index (χ3n) is 4.83. The Balaban J connectivity index is 1.85. The topological polar surface area (TPSA) is 67.6 Å². The highest BCUT2D eigenvalue weighted by Crippen LogP contribution is 2.37. The van der Waals surface area contributed by atoms with E-state index in [1.165, 1.54) is 36.2 Å². The number of hydrogen-bond donors (Lipinski definition) is 1. The van der Waals surface area contributed by atoms with Crippen molar-refractivity contribution in [2.24, 2.45) is 13.0 Å². The molecule has 1 aromatic heterocycles. The Kier molecular flexibility index (Phi) is 5.48. The molecule has 1 aliphatic rings. The van der Waals surface area contributed by atoms with Crippen LogP contribution in [0.3, 0.4) is 0 Å². The summed E-state index contributed by atoms with van der Waals surface area (Å²) in [5.41, 5.74) is -0.351. The first-order valence-corrected chi connectivity index (χ1v) is 8.66. The van der Waals surface area contributed by atoms with Gasteiger partial charge in [0.05, 0.1) is 0 Å². The molecule has 10 heteroatoms. The predicted molar refractivity (Wildman–Crippen MR) is 90.3 cm³/mol. The molecule has 1 saturated heterocycles. The van der Waals surface area contributed by atoms with E-state index in [0.717, 1.165) is 6.07 Å². The van der Waals surface area contributed by atoms with Crippen molar-refractivity contribution >= 4 is 6.09 Å². The lowest BCUT2D eigenvalue weighted by molar-refractivity contribution is -0.143. The monoisotopic (exact) mass is 401 g/mol. The molecule has 0 radical (unpaired) electrons. The number of benzene rings is 1. The van der Waals surface area contributed by atoms with E-state index in [9.17, 15) is 22.4 Å². The number of alkyl halides is 3. The van der Waals surface area contributed by atoms with E-state index in [0.29, 0.717) is 23.1 Å². The van der Waals surface area contributed by atoms with Crippen LogP contribution < -0.4 is 4.74 Å². The normalized spacial score (nSPS) is 16.8. The Bertz CT molecular complexity index is 828. The van der Waals surface area contributed by atoms with Crippen LogP contribution in [0.25, 0.3) is 0 Å². The zero-order valence-corrected chi connectivity index (χ0v) is 15.0. The highest BCUT2D eigenvalue weighted by Gasteiger charge is 2.36. The van der Waals surface area contributed by atoms with Crippen molar-refractivity contribution in [3.05, 3.63) is 47.4 Å². The van der Waals surface area contributed by atoms with Gasteiger partial charge in [0.1, 0.15) is 17.6 Å². The van der Waals surface area contributed by atoms with Gasteiger partial charge in [-0.15, -0.1) is 5.10 Å². The van der Waals surface area contributed by atoms with Crippen LogP contribution in [-0.4, -0.2) is 39.0 Å². The second-order valence-electron chi connectivity index (χ2n) is 6.69. The number of piperidine rings is 1. The summed E-state index contributed by atoms with van der Waals surface area (Å²) in [6.07, 6.45) is -5.33. The third kappa shape index (κ3) is 4.37. The van der Waals surface area contributed by atoms with Gasteiger partial charge < -0.3 is 14.7 Å². The van der Waals surface area contributed by atoms with Gasteiger partial charge in [0.25, 0.3) is 0 Å². The Hall–Kier alpha value is -2.78. The van der Waals surface area contributed by atoms with Crippen molar-refractivity contribution < 1.29 is 32.2 Å². The number of hydrogen-bond acceptors (Lipinski definition) is 3. The quantitative estimate of drug-likeness (QED) is 0.784. The predicted octanol–water partition coefficient (Wildman–Crippen LogP) is 4.09. The summed E-state index contributed by atoms with van der Waals surface area (Å²) < 4.78 is 58.9. The van der Waals surface area contributed by atoms with Crippen LogP contribution >= 0.6 is 0 Å². The first kappa shape index (κ1) is 20.0. The lowest BCUT2D eigenvalue weighted by atomic mass is 9.87. The van der Waals surface area contributed by atoms with E-state index in [2.05, 4.69) is 5.10 Å². The highest BCUT2D eigenvalue weighted by atomic mass is 19.4. The number of rotatable bonds is 4. The average Bonchev–Trinajstić information content (AvgIpc) is 3.01. The zero-order valence-electron chi connectivity index (χ0n) is 15.0. The maximum Gasteiger partial charge on any atom is 0.433 e. The lowest BCUT2D eigenvalue weighted by Gasteiger charge is -2.34. The second-order valence-corrected chi connectivity index (χ2v) is 6.69. The Labute approximate surface area is 158 Å². The molecular formula is C18H19F4N3O3. The van der Waals surface area contributed by atoms with Gasteiger partial charge in [-0.3, -0.25) is 4.68 Å². The summed E-state index contributed by atoms with van der Waals surface area (Å²) in [5.74, 6) is -0.789. The van der Waals surface area contributed by atoms with Gasteiger partial charge in [0.2, 0.25) is 5.88 Å². The van der Waals surface area contributed by atoms with Gasteiger partial charge >= 0.3 is 12.3 Å². The molecule has 0 aliphatic carbocycles. The van der Waals surface area contributed by atoms with Crippen LogP contribution in [-0.2, 0) is 13.2 Å². The van der Waals surface area contributed by atoms with Gasteiger partial charge in [-0.25, -0.2) is 9.18 Å². The fourth-order valence-corrected chi connectivity index (χ4v) is 3.38. The summed E-state index contributed by atoms with van der Waals surface area (Å²) in [7, 11) is 1.17. The molecule has 1 aliphatic heterocycles. The van der Waals surface area contributed by atoms with E-state index in [4.69, 9.17) is 9.84 Å². The number of halogens is 4. The summed E-state index contributed by atoms with van der Waals surface area (Å²) in [6.45, 7) is 0.578. The summed E-state index contributed by atoms with van der Waals surface area (Å²) in [5, 5.41) is 12.9. The Morgan fingerprint density at radius 3 is 2.36 bits per heavy atom. The minimum absolute atomic E-state index is 0.155. The van der Waals surface area contributed by atoms with Gasteiger partial charge in [0.15, 0.2) is 0 Å². The molecule has 0 saturated carbocycles. The molecule has 1 atom stereocenters. The molecule has 2 heterocycles. The number of carbonyl (C=O) groups is 1. The average molecular weight is 401 g/mol. The van der Waals surface area contributed by atoms with Crippen LogP contribution in [0.4, 0.5) is 22.4 Å². The number of aryl methyl sites for hydroxylation is 1. The number of carboxylic acid groups (broad SMARTS) is 1. The molecule has 152 valence electrons. The van der Waals surface area contributed by atoms with E-state index in [1.807, 2.05) is 0 Å². The molecular weight excluding hydrogens is 382 g/mol. The van der Waals surface area contributed by atoms with E-state index >= 15 is 0 Å². The number of nitrogens with zero attached hydrogens (tertiary/aromatic N) is 3. The minimum atomic E-state index is -4.57. The van der Waals surface area contributed by atoms with Crippen molar-refractivity contribution in [2.75, 3.05) is 13.1 Å². The third-order valence-corrected chi connectivity index (χ3v) is 4.83. The molecule has 3 rings (SSSR count). The van der Waals surface area contributed by atoms with Gasteiger partial charge in [-0.2, -0.15) is 13.2 Å². The maximum absolute atomic E-state index is 13.3. The summed E-state index contributed by atoms with van der Waals surface area (Å²) >= 11 is 0. The molecule has 0 bridgehead atoms. The molecule has 1 fully saturated rings. The Morgan fingerprint density at radius 1 is 1.25 bits per heavy atom. The molecule has 2 aromatic rings. The Morgan fingerprint density at radius 2 is 1.86 bits per heavy atom. The van der Waals surface area contributed by atoms with Crippen LogP contribution in [0.15, 0.2) is 30.3 Å². The van der Waals surface area contributed by atoms with Crippen molar-refractivity contribution in [1.82, 2.24) is 14.7 Å². The van der Waals surface area contributed by atoms with Gasteiger partial charge in [-0.05, 0) is 30.5 Å². The SMILES string of the molecule is Cn1nc(OC(c2ccc(F)cc2)C2CCN(C(=O)O)CC2)cc1C(F)(F)F. The van der Waals surface area contributed by atoms with E-state index in [1.54, 1.807) is 0 Å². The number of aromatic nitrogens is 2. The van der Waals surface area contributed by atoms with Crippen molar-refractivity contribution in [3.8, 4) is 5.88 Å². The molecule has 1 unspecified atom stereocenters. The van der Waals surface area contributed by atoms with Crippen molar-refractivity contribution in [1.29, 1.82) is 0 Å². The smallest absolute Gasteiger partial charge is 0.433 e. The molecule has 1 aromatic carbocycles. The molecule has 6 nitrogen and oxygen atoms in total. The van der Waals surface area contributed by atoms with E-state index < -0.39 is 29.9 Å². The largest absolute Gasteiger partial charge is 0.468 e. The van der Waals surface area contributed by atoms with Crippen LogP contribution in [0.1, 0.15) is 30.2 Å². The van der Waals surface area contributed by atoms with Crippen LogP contribution in [0.2, 0.25) is 0 Å². The van der Waals surface area contributed by atoms with Crippen molar-refractivity contribution in [3.63, 3.8) is 0 Å². The first-order valence-electron chi connectivity index (χ1n) is 8.66. The zero-order chi connectivity index (χ0) is 20.5. The first-order chi connectivity index (χ1) is 13.1. The maximum atomic E-state index is 13.3. The van der Waals surface area contributed by atoms with E-state index in [-0.39, 0.29) is 24.9 Å². The molecule has 1 amide bonds. The van der Waals surface area contributed by atoms with Gasteiger partial charge in [0, 0.05) is 32.1 Å². The standard InChI is InChI=1S/C18H19F4N3O3/c1-24-14(18(20,21)22)10-15(23-24)28-16(11-2-4-13(19)5-3-11)12-6-8-25(9-7-12)17(26)27/h2-5,10,12,16H,6-9H2,1H3,(H,26,27). The van der Waals surface area contributed by atoms with Crippen LogP contribution in [0.5, 0.6) is 5.88 Å². The number of amides is 1. The molecule has 0 spiro atoms. The number of ether oxygens (including phenoxy) is 1. The summed E-state index contributed by atoms with van der Waals surface area (Å²) in [4.78, 5) is 12.4. The highest BCUT2D eigenvalue weighted by molar-refractivity contribution is 5.65. The minimum Gasteiger partial charge on any atom is -0.468 e. The fourth-order valence-electron chi connectivity index (χ4n) is 3.38. The van der Waals surface area contributed by atoms with Crippen LogP contribution in [0, 0.1) is 11.7 Å².